The molecule has 30 heavy (non-hydrogen) atoms. The summed E-state index contributed by atoms with van der Waals surface area (Å²) in [4.78, 5) is 17.5. The minimum absolute atomic E-state index is 0.314. The van der Waals surface area contributed by atoms with Gasteiger partial charge >= 0.3 is 0 Å². The molecule has 0 saturated carbocycles. The van der Waals surface area contributed by atoms with Crippen LogP contribution in [0.25, 0.3) is 28.2 Å². The van der Waals surface area contributed by atoms with Gasteiger partial charge in [-0.05, 0) is 29.8 Å². The molecule has 0 atom stereocenters. The average molecular weight is 412 g/mol. The van der Waals surface area contributed by atoms with Gasteiger partial charge in [0.15, 0.2) is 0 Å². The molecule has 146 valence electrons. The molecule has 0 aliphatic heterocycles. The molecule has 0 unspecified atom stereocenters. The normalized spacial score (nSPS) is 11.4. The van der Waals surface area contributed by atoms with Crippen LogP contribution in [-0.4, -0.2) is 17.1 Å². The topological polar surface area (TPSA) is 54.4 Å². The third-order valence-electron chi connectivity index (χ3n) is 4.53. The molecule has 4 aromatic rings. The third-order valence-corrected chi connectivity index (χ3v) is 4.86. The van der Waals surface area contributed by atoms with Crippen LogP contribution in [0.5, 0.6) is 0 Å². The van der Waals surface area contributed by atoms with Gasteiger partial charge in [0, 0.05) is 22.2 Å². The van der Waals surface area contributed by atoms with E-state index in [0.29, 0.717) is 21.8 Å². The lowest BCUT2D eigenvalue weighted by atomic mass is 10.0. The van der Waals surface area contributed by atoms with Crippen LogP contribution in [0.2, 0.25) is 5.02 Å². The fraction of sp³-hybridized carbons (Fsp3) is 0. The van der Waals surface area contributed by atoms with Gasteiger partial charge in [0.1, 0.15) is 0 Å². The summed E-state index contributed by atoms with van der Waals surface area (Å²) in [5, 5.41) is 5.36. The van der Waals surface area contributed by atoms with Crippen molar-refractivity contribution in [1.29, 1.82) is 0 Å². The quantitative estimate of drug-likeness (QED) is 0.324. The van der Waals surface area contributed by atoms with Crippen molar-refractivity contribution in [3.8, 4) is 11.3 Å². The summed E-state index contributed by atoms with van der Waals surface area (Å²) < 4.78 is 0. The highest BCUT2D eigenvalue weighted by atomic mass is 35.5. The van der Waals surface area contributed by atoms with Gasteiger partial charge in [0.05, 0.1) is 16.8 Å². The van der Waals surface area contributed by atoms with Gasteiger partial charge in [-0.2, -0.15) is 5.10 Å². The Balaban J connectivity index is 1.61. The van der Waals surface area contributed by atoms with Crippen LogP contribution in [0.15, 0.2) is 96.1 Å². The summed E-state index contributed by atoms with van der Waals surface area (Å²) in [6, 6.07) is 26.5. The second kappa shape index (κ2) is 9.16. The largest absolute Gasteiger partial charge is 0.272 e. The highest BCUT2D eigenvalue weighted by Crippen LogP contribution is 2.29. The first-order chi connectivity index (χ1) is 14.7. The molecule has 0 saturated heterocycles. The highest BCUT2D eigenvalue weighted by molar-refractivity contribution is 6.33. The van der Waals surface area contributed by atoms with Crippen molar-refractivity contribution in [2.45, 2.75) is 0 Å². The van der Waals surface area contributed by atoms with Crippen LogP contribution in [0.4, 0.5) is 0 Å². The number of benzene rings is 3. The zero-order valence-corrected chi connectivity index (χ0v) is 16.8. The first-order valence-electron chi connectivity index (χ1n) is 9.42. The van der Waals surface area contributed by atoms with Gasteiger partial charge in [0.25, 0.3) is 5.91 Å². The molecule has 0 bridgehead atoms. The van der Waals surface area contributed by atoms with Crippen molar-refractivity contribution in [1.82, 2.24) is 10.4 Å². The van der Waals surface area contributed by atoms with Crippen LogP contribution in [-0.2, 0) is 0 Å². The molecule has 1 amide bonds. The minimum atomic E-state index is -0.314. The van der Waals surface area contributed by atoms with Crippen molar-refractivity contribution in [2.24, 2.45) is 5.10 Å². The van der Waals surface area contributed by atoms with Crippen molar-refractivity contribution in [3.05, 3.63) is 107 Å². The smallest absolute Gasteiger partial charge is 0.267 e. The Kier molecular flexibility index (Phi) is 5.97. The van der Waals surface area contributed by atoms with Gasteiger partial charge in [-0.25, -0.2) is 10.4 Å². The van der Waals surface area contributed by atoms with Gasteiger partial charge in [-0.15, -0.1) is 0 Å². The van der Waals surface area contributed by atoms with Gasteiger partial charge in [-0.1, -0.05) is 84.4 Å². The number of hydrazone groups is 1. The molecule has 4 rings (SSSR count). The number of pyridine rings is 1. The number of hydrogen-bond donors (Lipinski definition) is 1. The fourth-order valence-electron chi connectivity index (χ4n) is 3.09. The average Bonchev–Trinajstić information content (AvgIpc) is 2.79. The standard InChI is InChI=1S/C25H18ClN3O/c26-22-14-6-4-13-20(22)24-17-21(19-12-5-7-15-23(19)28-24)25(30)29-27-16-8-11-18-9-2-1-3-10-18/h1-17H,(H,29,30)/b11-8+,27-16-. The summed E-state index contributed by atoms with van der Waals surface area (Å²) >= 11 is 6.34. The lowest BCUT2D eigenvalue weighted by Crippen LogP contribution is -2.18. The van der Waals surface area contributed by atoms with Crippen LogP contribution in [0, 0.1) is 0 Å². The number of rotatable bonds is 5. The second-order valence-electron chi connectivity index (χ2n) is 6.54. The number of allylic oxidation sites excluding steroid dienone is 1. The Morgan fingerprint density at radius 2 is 1.67 bits per heavy atom. The maximum Gasteiger partial charge on any atom is 0.272 e. The van der Waals surface area contributed by atoms with E-state index in [1.807, 2.05) is 78.9 Å². The molecule has 0 spiro atoms. The van der Waals surface area contributed by atoms with E-state index >= 15 is 0 Å². The highest BCUT2D eigenvalue weighted by Gasteiger charge is 2.14. The van der Waals surface area contributed by atoms with E-state index in [4.69, 9.17) is 11.6 Å². The molecule has 0 aliphatic rings. The number of amides is 1. The number of para-hydroxylation sites is 1. The maximum absolute atomic E-state index is 12.9. The Bertz CT molecular complexity index is 1250. The van der Waals surface area contributed by atoms with Crippen LogP contribution in [0.1, 0.15) is 15.9 Å². The number of carbonyl (C=O) groups excluding carboxylic acids is 1. The zero-order chi connectivity index (χ0) is 20.8. The molecule has 1 heterocycles. The SMILES string of the molecule is O=C(N/N=C\C=C\c1ccccc1)c1cc(-c2ccccc2Cl)nc2ccccc12. The van der Waals surface area contributed by atoms with E-state index in [0.717, 1.165) is 16.5 Å². The lowest BCUT2D eigenvalue weighted by molar-refractivity contribution is 0.0957. The number of nitrogens with zero attached hydrogens (tertiary/aromatic N) is 2. The molecule has 1 aromatic heterocycles. The predicted molar refractivity (Wildman–Crippen MR) is 124 cm³/mol. The van der Waals surface area contributed by atoms with Crippen molar-refractivity contribution in [3.63, 3.8) is 0 Å². The number of aromatic nitrogens is 1. The summed E-state index contributed by atoms with van der Waals surface area (Å²) in [6.07, 6.45) is 5.23. The van der Waals surface area contributed by atoms with Gasteiger partial charge < -0.3 is 0 Å². The number of halogens is 1. The molecule has 4 nitrogen and oxygen atoms in total. The van der Waals surface area contributed by atoms with E-state index in [1.54, 1.807) is 24.4 Å². The minimum Gasteiger partial charge on any atom is -0.267 e. The van der Waals surface area contributed by atoms with Gasteiger partial charge in [-0.3, -0.25) is 4.79 Å². The van der Waals surface area contributed by atoms with Gasteiger partial charge in [0.2, 0.25) is 0 Å². The molecule has 0 aliphatic carbocycles. The lowest BCUT2D eigenvalue weighted by Gasteiger charge is -2.10. The number of hydrogen-bond acceptors (Lipinski definition) is 3. The molecule has 0 fully saturated rings. The fourth-order valence-corrected chi connectivity index (χ4v) is 3.32. The van der Waals surface area contributed by atoms with Crippen LogP contribution in [0.3, 0.4) is 0 Å². The maximum atomic E-state index is 12.9. The Labute approximate surface area is 179 Å². The summed E-state index contributed by atoms with van der Waals surface area (Å²) in [7, 11) is 0. The molecular weight excluding hydrogens is 394 g/mol. The van der Waals surface area contributed by atoms with Crippen LogP contribution >= 0.6 is 11.6 Å². The number of carbonyl (C=O) groups is 1. The van der Waals surface area contributed by atoms with E-state index in [9.17, 15) is 4.79 Å². The Morgan fingerprint density at radius 3 is 2.50 bits per heavy atom. The Hall–Kier alpha value is -3.76. The Morgan fingerprint density at radius 1 is 0.933 bits per heavy atom. The molecule has 0 radical (unpaired) electrons. The molecular formula is C25H18ClN3O. The van der Waals surface area contributed by atoms with E-state index in [1.165, 1.54) is 0 Å². The van der Waals surface area contributed by atoms with E-state index in [2.05, 4.69) is 15.5 Å². The summed E-state index contributed by atoms with van der Waals surface area (Å²) in [5.74, 6) is -0.314. The predicted octanol–water partition coefficient (Wildman–Crippen LogP) is 5.98. The molecule has 3 aromatic carbocycles. The van der Waals surface area contributed by atoms with E-state index in [-0.39, 0.29) is 5.91 Å². The zero-order valence-electron chi connectivity index (χ0n) is 16.0. The van der Waals surface area contributed by atoms with Crippen molar-refractivity contribution in [2.75, 3.05) is 0 Å². The van der Waals surface area contributed by atoms with E-state index < -0.39 is 0 Å². The third kappa shape index (κ3) is 4.45. The second-order valence-corrected chi connectivity index (χ2v) is 6.95. The number of nitrogens with one attached hydrogen (secondary N) is 1. The first-order valence-corrected chi connectivity index (χ1v) is 9.80. The van der Waals surface area contributed by atoms with Crippen molar-refractivity contribution >= 4 is 40.7 Å². The molecule has 5 heteroatoms. The summed E-state index contributed by atoms with van der Waals surface area (Å²) in [6.45, 7) is 0. The monoisotopic (exact) mass is 411 g/mol. The van der Waals surface area contributed by atoms with Crippen molar-refractivity contribution < 1.29 is 4.79 Å². The molecule has 1 N–H and O–H groups in total. The first kappa shape index (κ1) is 19.6. The summed E-state index contributed by atoms with van der Waals surface area (Å²) in [5.41, 5.74) is 6.25. The number of fused-ring (bicyclic) bond motifs is 1. The van der Waals surface area contributed by atoms with Crippen LogP contribution < -0.4 is 5.43 Å².